The van der Waals surface area contributed by atoms with Crippen LogP contribution in [0.5, 0.6) is 5.75 Å². The van der Waals surface area contributed by atoms with E-state index in [1.54, 1.807) is 0 Å². The van der Waals surface area contributed by atoms with E-state index in [4.69, 9.17) is 10.5 Å². The van der Waals surface area contributed by atoms with Crippen LogP contribution < -0.4 is 15.8 Å². The van der Waals surface area contributed by atoms with E-state index >= 15 is 0 Å². The molecule has 1 aliphatic rings. The Morgan fingerprint density at radius 1 is 1.19 bits per heavy atom. The summed E-state index contributed by atoms with van der Waals surface area (Å²) in [5.74, 6) is 0.761. The highest BCUT2D eigenvalue weighted by molar-refractivity contribution is 5.59. The van der Waals surface area contributed by atoms with Crippen LogP contribution in [0, 0.1) is 5.41 Å². The second-order valence-corrected chi connectivity index (χ2v) is 6.97. The SMILES string of the molecule is CCOc1cc(N)cc(NCC2(O)CCC(C)(C)CC2)c1. The molecule has 1 fully saturated rings. The predicted molar refractivity (Wildman–Crippen MR) is 87.7 cm³/mol. The molecule has 0 radical (unpaired) electrons. The summed E-state index contributed by atoms with van der Waals surface area (Å²) in [4.78, 5) is 0. The molecule has 0 bridgehead atoms. The van der Waals surface area contributed by atoms with Crippen LogP contribution >= 0.6 is 0 Å². The molecule has 4 nitrogen and oxygen atoms in total. The number of hydrogen-bond donors (Lipinski definition) is 3. The fraction of sp³-hybridized carbons (Fsp3) is 0.647. The molecule has 0 aliphatic heterocycles. The summed E-state index contributed by atoms with van der Waals surface area (Å²) in [5.41, 5.74) is 7.18. The van der Waals surface area contributed by atoms with E-state index in [0.717, 1.165) is 37.1 Å². The first-order valence-electron chi connectivity index (χ1n) is 7.82. The van der Waals surface area contributed by atoms with Crippen molar-refractivity contribution in [2.45, 2.75) is 52.1 Å². The van der Waals surface area contributed by atoms with Gasteiger partial charge in [0.05, 0.1) is 12.2 Å². The largest absolute Gasteiger partial charge is 0.494 e. The van der Waals surface area contributed by atoms with Crippen LogP contribution in [0.15, 0.2) is 18.2 Å². The Morgan fingerprint density at radius 2 is 1.86 bits per heavy atom. The molecule has 118 valence electrons. The van der Waals surface area contributed by atoms with Gasteiger partial charge in [0.2, 0.25) is 0 Å². The Kier molecular flexibility index (Phi) is 4.67. The molecule has 0 spiro atoms. The van der Waals surface area contributed by atoms with Crippen molar-refractivity contribution in [2.75, 3.05) is 24.2 Å². The molecule has 0 atom stereocenters. The van der Waals surface area contributed by atoms with E-state index in [1.165, 1.54) is 0 Å². The first-order valence-corrected chi connectivity index (χ1v) is 7.82. The highest BCUT2D eigenvalue weighted by atomic mass is 16.5. The summed E-state index contributed by atoms with van der Waals surface area (Å²) in [6.45, 7) is 7.65. The van der Waals surface area contributed by atoms with Crippen LogP contribution in [0.2, 0.25) is 0 Å². The van der Waals surface area contributed by atoms with Gasteiger partial charge in [-0.05, 0) is 44.1 Å². The molecule has 0 amide bonds. The fourth-order valence-electron chi connectivity index (χ4n) is 2.81. The van der Waals surface area contributed by atoms with Crippen LogP contribution in [-0.2, 0) is 0 Å². The van der Waals surface area contributed by atoms with E-state index in [1.807, 2.05) is 25.1 Å². The lowest BCUT2D eigenvalue weighted by Gasteiger charge is -2.40. The van der Waals surface area contributed by atoms with Gasteiger partial charge in [-0.1, -0.05) is 13.8 Å². The zero-order valence-electron chi connectivity index (χ0n) is 13.4. The third-order valence-corrected chi connectivity index (χ3v) is 4.40. The smallest absolute Gasteiger partial charge is 0.123 e. The second-order valence-electron chi connectivity index (χ2n) is 6.97. The number of anilines is 2. The van der Waals surface area contributed by atoms with E-state index in [0.29, 0.717) is 24.3 Å². The van der Waals surface area contributed by atoms with Gasteiger partial charge in [-0.15, -0.1) is 0 Å². The molecule has 1 saturated carbocycles. The molecule has 2 rings (SSSR count). The number of ether oxygens (including phenoxy) is 1. The Balaban J connectivity index is 1.96. The average molecular weight is 292 g/mol. The topological polar surface area (TPSA) is 67.5 Å². The van der Waals surface area contributed by atoms with Crippen molar-refractivity contribution in [3.05, 3.63) is 18.2 Å². The average Bonchev–Trinajstić information content (AvgIpc) is 2.41. The van der Waals surface area contributed by atoms with Crippen LogP contribution in [0.4, 0.5) is 11.4 Å². The lowest BCUT2D eigenvalue weighted by molar-refractivity contribution is -0.0145. The number of nitrogens with two attached hydrogens (primary N) is 1. The standard InChI is InChI=1S/C17H28N2O2/c1-4-21-15-10-13(18)9-14(11-15)19-12-17(20)7-5-16(2,3)6-8-17/h9-11,19-20H,4-8,12,18H2,1-3H3. The molecule has 4 N–H and O–H groups in total. The summed E-state index contributed by atoms with van der Waals surface area (Å²) >= 11 is 0. The molecular formula is C17H28N2O2. The van der Waals surface area contributed by atoms with Crippen LogP contribution in [0.25, 0.3) is 0 Å². The summed E-state index contributed by atoms with van der Waals surface area (Å²) in [6, 6.07) is 5.61. The molecule has 1 aromatic carbocycles. The van der Waals surface area contributed by atoms with Gasteiger partial charge < -0.3 is 20.9 Å². The molecular weight excluding hydrogens is 264 g/mol. The number of aliphatic hydroxyl groups is 1. The van der Waals surface area contributed by atoms with Gasteiger partial charge in [-0.25, -0.2) is 0 Å². The molecule has 4 heteroatoms. The van der Waals surface area contributed by atoms with E-state index < -0.39 is 5.60 Å². The summed E-state index contributed by atoms with van der Waals surface area (Å²) in [6.07, 6.45) is 3.81. The number of nitrogen functional groups attached to an aromatic ring is 1. The van der Waals surface area contributed by atoms with Gasteiger partial charge in [0.25, 0.3) is 0 Å². The van der Waals surface area contributed by atoms with E-state index in [9.17, 15) is 5.11 Å². The number of benzene rings is 1. The van der Waals surface area contributed by atoms with Crippen molar-refractivity contribution in [1.29, 1.82) is 0 Å². The van der Waals surface area contributed by atoms with Crippen LogP contribution in [0.1, 0.15) is 46.5 Å². The third-order valence-electron chi connectivity index (χ3n) is 4.40. The maximum absolute atomic E-state index is 10.7. The first-order chi connectivity index (χ1) is 9.82. The van der Waals surface area contributed by atoms with Crippen LogP contribution in [0.3, 0.4) is 0 Å². The van der Waals surface area contributed by atoms with Gasteiger partial charge in [-0.2, -0.15) is 0 Å². The third kappa shape index (κ3) is 4.53. The molecule has 0 unspecified atom stereocenters. The Morgan fingerprint density at radius 3 is 2.48 bits per heavy atom. The molecule has 21 heavy (non-hydrogen) atoms. The zero-order valence-corrected chi connectivity index (χ0v) is 13.4. The van der Waals surface area contributed by atoms with Crippen LogP contribution in [-0.4, -0.2) is 23.9 Å². The van der Waals surface area contributed by atoms with Crippen molar-refractivity contribution in [2.24, 2.45) is 5.41 Å². The molecule has 1 aliphatic carbocycles. The van der Waals surface area contributed by atoms with Gasteiger partial charge in [0, 0.05) is 30.1 Å². The lowest BCUT2D eigenvalue weighted by Crippen LogP contribution is -2.42. The number of hydrogen-bond acceptors (Lipinski definition) is 4. The Hall–Kier alpha value is -1.42. The van der Waals surface area contributed by atoms with Crippen molar-refractivity contribution in [1.82, 2.24) is 0 Å². The number of nitrogens with one attached hydrogen (secondary N) is 1. The van der Waals surface area contributed by atoms with Crippen molar-refractivity contribution >= 4 is 11.4 Å². The Bertz CT molecular complexity index is 476. The van der Waals surface area contributed by atoms with Crippen molar-refractivity contribution < 1.29 is 9.84 Å². The maximum Gasteiger partial charge on any atom is 0.123 e. The normalized spacial score (nSPS) is 20.0. The summed E-state index contributed by atoms with van der Waals surface area (Å²) < 4.78 is 5.49. The highest BCUT2D eigenvalue weighted by Crippen LogP contribution is 2.40. The number of rotatable bonds is 5. The van der Waals surface area contributed by atoms with Gasteiger partial charge >= 0.3 is 0 Å². The monoisotopic (exact) mass is 292 g/mol. The summed E-state index contributed by atoms with van der Waals surface area (Å²) in [7, 11) is 0. The fourth-order valence-corrected chi connectivity index (χ4v) is 2.81. The maximum atomic E-state index is 10.7. The minimum atomic E-state index is -0.619. The van der Waals surface area contributed by atoms with E-state index in [-0.39, 0.29) is 0 Å². The molecule has 0 aromatic heterocycles. The van der Waals surface area contributed by atoms with Gasteiger partial charge in [0.1, 0.15) is 5.75 Å². The highest BCUT2D eigenvalue weighted by Gasteiger charge is 2.36. The molecule has 0 heterocycles. The summed E-state index contributed by atoms with van der Waals surface area (Å²) in [5, 5.41) is 14.0. The van der Waals surface area contributed by atoms with E-state index in [2.05, 4.69) is 19.2 Å². The minimum Gasteiger partial charge on any atom is -0.494 e. The van der Waals surface area contributed by atoms with Crippen molar-refractivity contribution in [3.8, 4) is 5.75 Å². The van der Waals surface area contributed by atoms with Gasteiger partial charge in [-0.3, -0.25) is 0 Å². The van der Waals surface area contributed by atoms with Crippen molar-refractivity contribution in [3.63, 3.8) is 0 Å². The Labute approximate surface area is 127 Å². The zero-order chi connectivity index (χ0) is 15.5. The first kappa shape index (κ1) is 16.0. The van der Waals surface area contributed by atoms with Gasteiger partial charge in [0.15, 0.2) is 0 Å². The quantitative estimate of drug-likeness (QED) is 0.728. The predicted octanol–water partition coefficient (Wildman–Crippen LogP) is 3.41. The lowest BCUT2D eigenvalue weighted by atomic mass is 9.71. The molecule has 1 aromatic rings. The molecule has 0 saturated heterocycles. The minimum absolute atomic E-state index is 0.353. The second kappa shape index (κ2) is 6.14.